The van der Waals surface area contributed by atoms with Crippen molar-refractivity contribution in [2.45, 2.75) is 6.61 Å². The fourth-order valence-electron chi connectivity index (χ4n) is 2.57. The summed E-state index contributed by atoms with van der Waals surface area (Å²) in [5, 5.41) is 10.5. The summed E-state index contributed by atoms with van der Waals surface area (Å²) in [4.78, 5) is 8.76. The first-order valence-electron chi connectivity index (χ1n) is 6.12. The molecule has 0 bridgehead atoms. The van der Waals surface area contributed by atoms with Gasteiger partial charge in [0.1, 0.15) is 5.65 Å². The number of imidazole rings is 1. The Hall–Kier alpha value is -2.46. The molecule has 4 aromatic rings. The highest BCUT2D eigenvalue weighted by Gasteiger charge is 2.11. The number of benzene rings is 1. The lowest BCUT2D eigenvalue weighted by Crippen LogP contribution is -1.95. The number of fused-ring (bicyclic) bond motifs is 5. The number of hydrogen-bond acceptors (Lipinski definition) is 3. The van der Waals surface area contributed by atoms with Gasteiger partial charge in [-0.3, -0.25) is 9.38 Å². The maximum atomic E-state index is 9.55. The molecule has 0 aliphatic heterocycles. The molecule has 0 amide bonds. The molecule has 0 fully saturated rings. The Bertz CT molecular complexity index is 911. The Morgan fingerprint density at radius 1 is 1.11 bits per heavy atom. The standard InChI is InChI=1S/C15H11N3O/c19-9-11-7-10-8-16-6-5-13(10)18-14-4-2-1-3-12(14)17-15(11)18/h1-8,19H,9H2. The summed E-state index contributed by atoms with van der Waals surface area (Å²) in [5.74, 6) is 0. The molecule has 19 heavy (non-hydrogen) atoms. The predicted octanol–water partition coefficient (Wildman–Crippen LogP) is 2.53. The molecule has 1 aromatic carbocycles. The van der Waals surface area contributed by atoms with Gasteiger partial charge in [-0.05, 0) is 24.3 Å². The second-order valence-corrected chi connectivity index (χ2v) is 4.52. The molecule has 4 nitrogen and oxygen atoms in total. The van der Waals surface area contributed by atoms with Gasteiger partial charge < -0.3 is 5.11 Å². The van der Waals surface area contributed by atoms with E-state index in [1.807, 2.05) is 42.6 Å². The first-order chi connectivity index (χ1) is 9.38. The summed E-state index contributed by atoms with van der Waals surface area (Å²) < 4.78 is 2.08. The van der Waals surface area contributed by atoms with E-state index in [1.165, 1.54) is 0 Å². The number of pyridine rings is 2. The van der Waals surface area contributed by atoms with Crippen molar-refractivity contribution in [3.63, 3.8) is 0 Å². The number of hydrogen-bond donors (Lipinski definition) is 1. The minimum atomic E-state index is -0.0301. The van der Waals surface area contributed by atoms with Gasteiger partial charge in [-0.25, -0.2) is 4.98 Å². The lowest BCUT2D eigenvalue weighted by atomic mass is 10.2. The maximum absolute atomic E-state index is 9.55. The van der Waals surface area contributed by atoms with E-state index in [-0.39, 0.29) is 6.61 Å². The van der Waals surface area contributed by atoms with Gasteiger partial charge in [0.15, 0.2) is 0 Å². The molecule has 1 N–H and O–H groups in total. The Morgan fingerprint density at radius 3 is 2.89 bits per heavy atom. The van der Waals surface area contributed by atoms with Crippen LogP contribution in [0.4, 0.5) is 0 Å². The van der Waals surface area contributed by atoms with Gasteiger partial charge >= 0.3 is 0 Å². The quantitative estimate of drug-likeness (QED) is 0.564. The lowest BCUT2D eigenvalue weighted by molar-refractivity contribution is 0.283. The van der Waals surface area contributed by atoms with Crippen LogP contribution in [-0.2, 0) is 6.61 Å². The molecule has 0 aliphatic rings. The first-order valence-corrected chi connectivity index (χ1v) is 6.12. The zero-order chi connectivity index (χ0) is 12.8. The van der Waals surface area contributed by atoms with Crippen molar-refractivity contribution in [2.75, 3.05) is 0 Å². The summed E-state index contributed by atoms with van der Waals surface area (Å²) in [5.41, 5.74) is 4.65. The van der Waals surface area contributed by atoms with Crippen LogP contribution in [0.5, 0.6) is 0 Å². The number of aliphatic hydroxyl groups excluding tert-OH is 1. The molecule has 0 spiro atoms. The molecule has 0 atom stereocenters. The van der Waals surface area contributed by atoms with Crippen LogP contribution in [0.3, 0.4) is 0 Å². The van der Waals surface area contributed by atoms with Gasteiger partial charge in [-0.2, -0.15) is 0 Å². The molecule has 4 rings (SSSR count). The van der Waals surface area contributed by atoms with Crippen LogP contribution in [0.15, 0.2) is 48.8 Å². The maximum Gasteiger partial charge on any atom is 0.144 e. The van der Waals surface area contributed by atoms with Gasteiger partial charge in [0, 0.05) is 23.3 Å². The van der Waals surface area contributed by atoms with Crippen LogP contribution in [0.2, 0.25) is 0 Å². The molecule has 0 saturated heterocycles. The highest BCUT2D eigenvalue weighted by molar-refractivity contribution is 5.91. The average molecular weight is 249 g/mol. The van der Waals surface area contributed by atoms with Gasteiger partial charge in [0.05, 0.1) is 23.2 Å². The van der Waals surface area contributed by atoms with E-state index < -0.39 is 0 Å². The molecule has 0 unspecified atom stereocenters. The van der Waals surface area contributed by atoms with E-state index in [0.29, 0.717) is 0 Å². The van der Waals surface area contributed by atoms with Crippen molar-refractivity contribution in [1.29, 1.82) is 0 Å². The largest absolute Gasteiger partial charge is 0.392 e. The van der Waals surface area contributed by atoms with Crippen LogP contribution in [-0.4, -0.2) is 19.5 Å². The Kier molecular flexibility index (Phi) is 2.07. The Morgan fingerprint density at radius 2 is 2.00 bits per heavy atom. The van der Waals surface area contributed by atoms with E-state index in [9.17, 15) is 5.11 Å². The van der Waals surface area contributed by atoms with Gasteiger partial charge in [0.2, 0.25) is 0 Å². The minimum Gasteiger partial charge on any atom is -0.392 e. The molecule has 3 aromatic heterocycles. The predicted molar refractivity (Wildman–Crippen MR) is 73.9 cm³/mol. The highest BCUT2D eigenvalue weighted by atomic mass is 16.3. The highest BCUT2D eigenvalue weighted by Crippen LogP contribution is 2.25. The number of rotatable bonds is 1. The van der Waals surface area contributed by atoms with Gasteiger partial charge in [-0.15, -0.1) is 0 Å². The van der Waals surface area contributed by atoms with Gasteiger partial charge in [0.25, 0.3) is 0 Å². The van der Waals surface area contributed by atoms with Crippen molar-refractivity contribution in [3.8, 4) is 0 Å². The molecular weight excluding hydrogens is 238 g/mol. The summed E-state index contributed by atoms with van der Waals surface area (Å²) in [7, 11) is 0. The smallest absolute Gasteiger partial charge is 0.144 e. The monoisotopic (exact) mass is 249 g/mol. The van der Waals surface area contributed by atoms with Crippen LogP contribution in [0, 0.1) is 0 Å². The number of para-hydroxylation sites is 2. The van der Waals surface area contributed by atoms with Crippen molar-refractivity contribution in [2.24, 2.45) is 0 Å². The van der Waals surface area contributed by atoms with Crippen LogP contribution in [0.1, 0.15) is 5.56 Å². The summed E-state index contributed by atoms with van der Waals surface area (Å²) in [6, 6.07) is 11.9. The van der Waals surface area contributed by atoms with Crippen LogP contribution < -0.4 is 0 Å². The van der Waals surface area contributed by atoms with E-state index in [4.69, 9.17) is 0 Å². The fraction of sp³-hybridized carbons (Fsp3) is 0.0667. The molecule has 4 heteroatoms. The normalized spacial score (nSPS) is 11.6. The number of nitrogens with zero attached hydrogens (tertiary/aromatic N) is 3. The van der Waals surface area contributed by atoms with E-state index >= 15 is 0 Å². The molecule has 0 aliphatic carbocycles. The number of aliphatic hydroxyl groups is 1. The third-order valence-electron chi connectivity index (χ3n) is 3.42. The number of aromatic nitrogens is 3. The van der Waals surface area contributed by atoms with Crippen LogP contribution in [0.25, 0.3) is 27.6 Å². The second-order valence-electron chi connectivity index (χ2n) is 4.52. The Balaban J connectivity index is 2.36. The molecular formula is C15H11N3O. The Labute approximate surface area is 109 Å². The second kappa shape index (κ2) is 3.76. The molecule has 0 radical (unpaired) electrons. The van der Waals surface area contributed by atoms with E-state index in [0.717, 1.165) is 33.1 Å². The topological polar surface area (TPSA) is 50.4 Å². The van der Waals surface area contributed by atoms with Gasteiger partial charge in [-0.1, -0.05) is 12.1 Å². The third-order valence-corrected chi connectivity index (χ3v) is 3.42. The summed E-state index contributed by atoms with van der Waals surface area (Å²) in [6.07, 6.45) is 3.58. The van der Waals surface area contributed by atoms with Crippen molar-refractivity contribution < 1.29 is 5.11 Å². The molecule has 3 heterocycles. The third kappa shape index (κ3) is 1.37. The van der Waals surface area contributed by atoms with Crippen LogP contribution >= 0.6 is 0 Å². The van der Waals surface area contributed by atoms with Crippen molar-refractivity contribution >= 4 is 27.6 Å². The summed E-state index contributed by atoms with van der Waals surface area (Å²) in [6.45, 7) is -0.0301. The first kappa shape index (κ1) is 10.5. The molecule has 0 saturated carbocycles. The molecule has 92 valence electrons. The van der Waals surface area contributed by atoms with E-state index in [1.54, 1.807) is 6.20 Å². The lowest BCUT2D eigenvalue weighted by Gasteiger charge is -2.06. The zero-order valence-corrected chi connectivity index (χ0v) is 10.1. The zero-order valence-electron chi connectivity index (χ0n) is 10.1. The van der Waals surface area contributed by atoms with E-state index in [2.05, 4.69) is 14.4 Å². The summed E-state index contributed by atoms with van der Waals surface area (Å²) >= 11 is 0. The SMILES string of the molecule is OCc1cc2cnccc2n2c1nc1ccccc12. The fourth-order valence-corrected chi connectivity index (χ4v) is 2.57. The van der Waals surface area contributed by atoms with Crippen molar-refractivity contribution in [3.05, 3.63) is 54.4 Å². The minimum absolute atomic E-state index is 0.0301. The average Bonchev–Trinajstić information content (AvgIpc) is 2.86. The van der Waals surface area contributed by atoms with Crippen molar-refractivity contribution in [1.82, 2.24) is 14.4 Å².